The minimum Gasteiger partial charge on any atom is -0.0622 e. The van der Waals surface area contributed by atoms with Gasteiger partial charge < -0.3 is 9.84 Å². The van der Waals surface area contributed by atoms with Crippen LogP contribution in [0.5, 0.6) is 0 Å². The zero-order valence-corrected chi connectivity index (χ0v) is 23.7. The van der Waals surface area contributed by atoms with Crippen molar-refractivity contribution in [3.63, 3.8) is 0 Å². The Morgan fingerprint density at radius 2 is 1.11 bits per heavy atom. The average molecular weight is 617 g/mol. The van der Waals surface area contributed by atoms with E-state index < -0.39 is 19.6 Å². The molecule has 1 aromatic carbocycles. The quantitative estimate of drug-likeness (QED) is 0.156. The van der Waals surface area contributed by atoms with Gasteiger partial charge in [-0.3, -0.25) is 0 Å². The molecule has 11 heteroatoms. The van der Waals surface area contributed by atoms with Gasteiger partial charge in [0, 0.05) is 0 Å². The Labute approximate surface area is 219 Å². The van der Waals surface area contributed by atoms with E-state index in [1.807, 2.05) is 36.8 Å². The Hall–Kier alpha value is -0.877. The zero-order valence-electron chi connectivity index (χ0n) is 21.1. The zero-order chi connectivity index (χ0) is 27.6. The van der Waals surface area contributed by atoms with Gasteiger partial charge in [-0.2, -0.15) is 0 Å². The molecular weight excluding hydrogens is 582 g/mol. The first-order chi connectivity index (χ1) is 14.9. The van der Waals surface area contributed by atoms with Gasteiger partial charge in [0.05, 0.1) is 0 Å². The van der Waals surface area contributed by atoms with E-state index in [-0.39, 0.29) is 19.5 Å². The Morgan fingerprint density at radius 3 is 1.29 bits per heavy atom. The minimum atomic E-state index is -10.7. The molecule has 1 N–H and O–H groups in total. The van der Waals surface area contributed by atoms with Crippen LogP contribution in [-0.2, 0) is 24.2 Å². The molecule has 1 aliphatic carbocycles. The van der Waals surface area contributed by atoms with Gasteiger partial charge in [-0.05, 0) is 75.7 Å². The SMILES string of the molecule is CC(C)(C)OC(=O)O.C[C]1[C](C)[C](C)[C](C)[C]1C.F[P-](F)(F)(F)(F)F.[CH2][CH][CH]c1ccccc1.[Ru+3]. The second kappa shape index (κ2) is 14.2. The predicted octanol–water partition coefficient (Wildman–Crippen LogP) is 10.1. The molecule has 1 aromatic rings. The van der Waals surface area contributed by atoms with Crippen molar-refractivity contribution in [2.24, 2.45) is 0 Å². The second-order valence-corrected chi connectivity index (χ2v) is 10.3. The molecule has 0 aliphatic heterocycles. The number of carboxylic acid groups (broad SMARTS) is 1. The molecule has 35 heavy (non-hydrogen) atoms. The van der Waals surface area contributed by atoms with Crippen molar-refractivity contribution in [1.29, 1.82) is 0 Å². The van der Waals surface area contributed by atoms with Gasteiger partial charge in [0.2, 0.25) is 0 Å². The number of rotatable bonds is 2. The maximum atomic E-state index is 9.87. The van der Waals surface area contributed by atoms with Gasteiger partial charge in [0.15, 0.2) is 0 Å². The van der Waals surface area contributed by atoms with E-state index >= 15 is 0 Å². The summed E-state index contributed by atoms with van der Waals surface area (Å²) in [5, 5.41) is 8.03. The second-order valence-electron chi connectivity index (χ2n) is 8.38. The third kappa shape index (κ3) is 26.0. The van der Waals surface area contributed by atoms with Crippen LogP contribution in [0.3, 0.4) is 0 Å². The largest absolute Gasteiger partial charge is 3.00 e. The van der Waals surface area contributed by atoms with Crippen LogP contribution in [-0.4, -0.2) is 16.9 Å². The first-order valence-electron chi connectivity index (χ1n) is 10.0. The maximum absolute atomic E-state index is 10.7. The van der Waals surface area contributed by atoms with Gasteiger partial charge in [-0.15, -0.1) is 0 Å². The summed E-state index contributed by atoms with van der Waals surface area (Å²) < 4.78 is 63.5. The maximum Gasteiger partial charge on any atom is 3.00 e. The van der Waals surface area contributed by atoms with Crippen LogP contribution in [0.4, 0.5) is 30.0 Å². The van der Waals surface area contributed by atoms with Crippen molar-refractivity contribution in [3.8, 4) is 0 Å². The summed E-state index contributed by atoms with van der Waals surface area (Å²) >= 11 is 0. The van der Waals surface area contributed by atoms with Crippen molar-refractivity contribution < 1.29 is 59.3 Å². The molecule has 1 aliphatic rings. The number of benzene rings is 1. The van der Waals surface area contributed by atoms with E-state index in [0.29, 0.717) is 0 Å². The Balaban J connectivity index is -0.000000390. The van der Waals surface area contributed by atoms with E-state index in [9.17, 15) is 30.0 Å². The molecule has 9 radical (unpaired) electrons. The summed E-state index contributed by atoms with van der Waals surface area (Å²) in [6.45, 7) is 19.6. The molecule has 0 aromatic heterocycles. The Kier molecular flexibility index (Phi) is 15.6. The number of halogens is 6. The van der Waals surface area contributed by atoms with Crippen LogP contribution >= 0.6 is 7.81 Å². The molecule has 0 heterocycles. The topological polar surface area (TPSA) is 46.5 Å². The molecule has 0 spiro atoms. The summed E-state index contributed by atoms with van der Waals surface area (Å²) in [4.78, 5) is 9.79. The van der Waals surface area contributed by atoms with Crippen molar-refractivity contribution in [2.75, 3.05) is 0 Å². The Bertz CT molecular complexity index is 668. The number of hydrogen-bond donors (Lipinski definition) is 1. The number of hydrogen-bond acceptors (Lipinski definition) is 2. The summed E-state index contributed by atoms with van der Waals surface area (Å²) in [5.41, 5.74) is 0.624. The van der Waals surface area contributed by atoms with Crippen LogP contribution in [0.25, 0.3) is 0 Å². The van der Waals surface area contributed by atoms with Crippen molar-refractivity contribution in [3.05, 3.63) is 85.3 Å². The fraction of sp³-hybridized carbons (Fsp3) is 0.375. The van der Waals surface area contributed by atoms with Crippen molar-refractivity contribution in [1.82, 2.24) is 0 Å². The third-order valence-corrected chi connectivity index (χ3v) is 4.32. The van der Waals surface area contributed by atoms with Crippen LogP contribution in [0.1, 0.15) is 61.0 Å². The van der Waals surface area contributed by atoms with Crippen LogP contribution in [0, 0.1) is 49.4 Å². The molecule has 0 amide bonds. The van der Waals surface area contributed by atoms with E-state index in [4.69, 9.17) is 5.11 Å². The molecule has 201 valence electrons. The minimum absolute atomic E-state index is 0. The van der Waals surface area contributed by atoms with E-state index in [1.165, 1.54) is 35.2 Å². The van der Waals surface area contributed by atoms with Gasteiger partial charge in [-0.1, -0.05) is 65.0 Å². The van der Waals surface area contributed by atoms with Gasteiger partial charge in [-0.25, -0.2) is 4.79 Å². The molecular formula is C24H34F6O3PRu+2. The molecule has 1 saturated carbocycles. The predicted molar refractivity (Wildman–Crippen MR) is 127 cm³/mol. The third-order valence-electron chi connectivity index (χ3n) is 4.32. The molecule has 0 bridgehead atoms. The summed E-state index contributed by atoms with van der Waals surface area (Å²) in [5.74, 6) is 7.34. The molecule has 2 rings (SSSR count). The molecule has 1 fully saturated rings. The van der Waals surface area contributed by atoms with E-state index in [0.717, 1.165) is 0 Å². The number of ether oxygens (including phenoxy) is 1. The van der Waals surface area contributed by atoms with Crippen LogP contribution < -0.4 is 0 Å². The molecule has 0 atom stereocenters. The fourth-order valence-electron chi connectivity index (χ4n) is 2.37. The monoisotopic (exact) mass is 617 g/mol. The Morgan fingerprint density at radius 1 is 0.829 bits per heavy atom. The average Bonchev–Trinajstić information content (AvgIpc) is 2.77. The standard InChI is InChI=1S/C10H15.C9H9.C5H10O3.F6P.Ru/c1-6-7(2)9(4)10(5)8(6)3;1-2-6-9-7-4-3-5-8-9;1-5(2,3)8-4(6)7;1-7(2,3,4,5)6;/h1-5H3;2-8H,1H2;1-3H3,(H,6,7);;/q;;;-1;+3. The van der Waals surface area contributed by atoms with Crippen LogP contribution in [0.15, 0.2) is 30.3 Å². The van der Waals surface area contributed by atoms with E-state index in [1.54, 1.807) is 27.2 Å². The number of carbonyl (C=O) groups is 1. The molecule has 3 nitrogen and oxygen atoms in total. The fourth-order valence-corrected chi connectivity index (χ4v) is 2.37. The van der Waals surface area contributed by atoms with Crippen molar-refractivity contribution >= 4 is 14.0 Å². The van der Waals surface area contributed by atoms with Crippen LogP contribution in [0.2, 0.25) is 0 Å². The summed E-state index contributed by atoms with van der Waals surface area (Å²) in [7, 11) is -10.7. The van der Waals surface area contributed by atoms with Gasteiger partial charge in [0.1, 0.15) is 5.60 Å². The van der Waals surface area contributed by atoms with Gasteiger partial charge in [0.25, 0.3) is 0 Å². The normalized spacial score (nSPS) is 17.7. The van der Waals surface area contributed by atoms with E-state index in [2.05, 4.69) is 46.3 Å². The smallest absolute Gasteiger partial charge is 0.0622 e. The first-order valence-corrected chi connectivity index (χ1v) is 12.1. The molecule has 0 saturated heterocycles. The van der Waals surface area contributed by atoms with Gasteiger partial charge >= 0.3 is 58.6 Å². The molecule has 0 unspecified atom stereocenters. The first kappa shape index (κ1) is 38.6. The summed E-state index contributed by atoms with van der Waals surface area (Å²) in [6, 6.07) is 10.1. The van der Waals surface area contributed by atoms with Crippen molar-refractivity contribution in [2.45, 2.75) is 61.0 Å². The summed E-state index contributed by atoms with van der Waals surface area (Å²) in [6.07, 6.45) is 2.53.